The smallest absolute Gasteiger partial charge is 0.278 e. The lowest BCUT2D eigenvalue weighted by atomic mass is 10.2. The standard InChI is InChI=1S/C22H17ClN6O3/c1-27-18(30)6-5-16-20(27)22(31)29(11-24-16)10-17-25-21(26-32-17)19-14-8-28(9-15(14)19)13-4-2-3-12(23)7-13/h2-8,11,15,19H,9-10H2,1H3/t15?,19-/m1/s1. The second kappa shape index (κ2) is 6.89. The van der Waals surface area contributed by atoms with Gasteiger partial charge in [0.05, 0.1) is 17.8 Å². The van der Waals surface area contributed by atoms with Crippen molar-refractivity contribution in [2.24, 2.45) is 13.0 Å². The zero-order chi connectivity index (χ0) is 22.0. The fourth-order valence-corrected chi connectivity index (χ4v) is 4.54. The van der Waals surface area contributed by atoms with Crippen molar-refractivity contribution in [2.45, 2.75) is 12.5 Å². The number of anilines is 1. The molecule has 32 heavy (non-hydrogen) atoms. The predicted molar refractivity (Wildman–Crippen MR) is 118 cm³/mol. The molecule has 0 amide bonds. The molecule has 6 rings (SSSR count). The highest BCUT2D eigenvalue weighted by atomic mass is 35.5. The Morgan fingerprint density at radius 3 is 2.88 bits per heavy atom. The van der Waals surface area contributed by atoms with Gasteiger partial charge >= 0.3 is 0 Å². The molecule has 0 radical (unpaired) electrons. The zero-order valence-corrected chi connectivity index (χ0v) is 17.7. The van der Waals surface area contributed by atoms with E-state index in [9.17, 15) is 9.59 Å². The highest BCUT2D eigenvalue weighted by Gasteiger charge is 2.52. The molecular weight excluding hydrogens is 432 g/mol. The number of nitrogens with zero attached hydrogens (tertiary/aromatic N) is 6. The molecule has 0 N–H and O–H groups in total. The normalized spacial score (nSPS) is 19.3. The Balaban J connectivity index is 1.23. The van der Waals surface area contributed by atoms with E-state index in [1.54, 1.807) is 13.1 Å². The first kappa shape index (κ1) is 19.0. The van der Waals surface area contributed by atoms with E-state index in [4.69, 9.17) is 16.1 Å². The molecule has 1 aromatic carbocycles. The van der Waals surface area contributed by atoms with Crippen LogP contribution in [0.1, 0.15) is 17.6 Å². The van der Waals surface area contributed by atoms with Crippen molar-refractivity contribution in [2.75, 3.05) is 11.4 Å². The number of aromatic nitrogens is 5. The Bertz CT molecular complexity index is 1530. The van der Waals surface area contributed by atoms with Gasteiger partial charge in [-0.2, -0.15) is 4.98 Å². The van der Waals surface area contributed by atoms with Crippen LogP contribution in [0.3, 0.4) is 0 Å². The number of fused-ring (bicyclic) bond motifs is 2. The van der Waals surface area contributed by atoms with Crippen LogP contribution in [0.25, 0.3) is 11.0 Å². The molecule has 0 bridgehead atoms. The van der Waals surface area contributed by atoms with Gasteiger partial charge in [-0.3, -0.25) is 14.2 Å². The lowest BCUT2D eigenvalue weighted by molar-refractivity contribution is 0.364. The predicted octanol–water partition coefficient (Wildman–Crippen LogP) is 2.30. The largest absolute Gasteiger partial charge is 0.347 e. The molecule has 9 nitrogen and oxygen atoms in total. The Morgan fingerprint density at radius 2 is 2.09 bits per heavy atom. The average Bonchev–Trinajstić information content (AvgIpc) is 3.12. The Kier molecular flexibility index (Phi) is 4.09. The van der Waals surface area contributed by atoms with E-state index in [0.717, 1.165) is 12.2 Å². The number of pyridine rings is 1. The van der Waals surface area contributed by atoms with Crippen LogP contribution in [0.5, 0.6) is 0 Å². The molecule has 3 aromatic heterocycles. The number of hydrogen-bond donors (Lipinski definition) is 0. The third-order valence-electron chi connectivity index (χ3n) is 6.08. The van der Waals surface area contributed by atoms with Crippen LogP contribution < -0.4 is 16.0 Å². The monoisotopic (exact) mass is 448 g/mol. The summed E-state index contributed by atoms with van der Waals surface area (Å²) < 4.78 is 8.07. The quantitative estimate of drug-likeness (QED) is 0.472. The maximum atomic E-state index is 12.9. The van der Waals surface area contributed by atoms with Gasteiger partial charge in [0, 0.05) is 42.5 Å². The molecule has 2 atom stereocenters. The summed E-state index contributed by atoms with van der Waals surface area (Å²) in [6.07, 6.45) is 3.55. The highest BCUT2D eigenvalue weighted by Crippen LogP contribution is 2.56. The van der Waals surface area contributed by atoms with Crippen molar-refractivity contribution in [3.8, 4) is 0 Å². The minimum absolute atomic E-state index is 0.0862. The van der Waals surface area contributed by atoms with E-state index in [0.29, 0.717) is 28.2 Å². The molecule has 4 aromatic rings. The summed E-state index contributed by atoms with van der Waals surface area (Å²) in [7, 11) is 1.55. The van der Waals surface area contributed by atoms with Gasteiger partial charge in [-0.05, 0) is 29.8 Å². The topological polar surface area (TPSA) is 99.1 Å². The van der Waals surface area contributed by atoms with Gasteiger partial charge < -0.3 is 14.0 Å². The third kappa shape index (κ3) is 2.96. The molecule has 160 valence electrons. The first-order valence-electron chi connectivity index (χ1n) is 10.1. The molecule has 10 heteroatoms. The minimum Gasteiger partial charge on any atom is -0.347 e. The average molecular weight is 449 g/mol. The van der Waals surface area contributed by atoms with Crippen LogP contribution in [0.2, 0.25) is 5.02 Å². The van der Waals surface area contributed by atoms with Crippen LogP contribution in [0.4, 0.5) is 5.69 Å². The zero-order valence-electron chi connectivity index (χ0n) is 17.0. The van der Waals surface area contributed by atoms with Crippen molar-refractivity contribution < 1.29 is 4.52 Å². The van der Waals surface area contributed by atoms with Crippen molar-refractivity contribution in [3.05, 3.63) is 91.9 Å². The SMILES string of the molecule is Cn1c(=O)ccc2ncn(Cc3nc([C@@H]4C5=CN(c6cccc(Cl)c6)CC54)no3)c(=O)c21. The first-order valence-corrected chi connectivity index (χ1v) is 10.5. The molecule has 0 spiro atoms. The van der Waals surface area contributed by atoms with Crippen LogP contribution >= 0.6 is 11.6 Å². The number of benzene rings is 1. The maximum absolute atomic E-state index is 12.9. The van der Waals surface area contributed by atoms with Crippen LogP contribution in [-0.4, -0.2) is 30.8 Å². The van der Waals surface area contributed by atoms with Crippen LogP contribution in [0.15, 0.2) is 68.6 Å². The van der Waals surface area contributed by atoms with Gasteiger partial charge in [0.1, 0.15) is 12.1 Å². The molecule has 4 heterocycles. The van der Waals surface area contributed by atoms with Crippen molar-refractivity contribution >= 4 is 28.3 Å². The van der Waals surface area contributed by atoms with Gasteiger partial charge in [-0.25, -0.2) is 4.98 Å². The fourth-order valence-electron chi connectivity index (χ4n) is 4.35. The van der Waals surface area contributed by atoms with E-state index >= 15 is 0 Å². The molecule has 2 aliphatic rings. The Morgan fingerprint density at radius 1 is 1.22 bits per heavy atom. The summed E-state index contributed by atoms with van der Waals surface area (Å²) in [5.41, 5.74) is 2.41. The second-order valence-electron chi connectivity index (χ2n) is 8.03. The number of aryl methyl sites for hydroxylation is 1. The molecule has 1 aliphatic heterocycles. The summed E-state index contributed by atoms with van der Waals surface area (Å²) in [6.45, 7) is 0.926. The molecule has 1 fully saturated rings. The van der Waals surface area contributed by atoms with Crippen LogP contribution in [-0.2, 0) is 13.6 Å². The van der Waals surface area contributed by atoms with Crippen LogP contribution in [0, 0.1) is 5.92 Å². The molecule has 1 unspecified atom stereocenters. The van der Waals surface area contributed by atoms with Crippen molar-refractivity contribution in [3.63, 3.8) is 0 Å². The lowest BCUT2D eigenvalue weighted by Gasteiger charge is -2.18. The Hall–Kier alpha value is -3.72. The van der Waals surface area contributed by atoms with Gasteiger partial charge in [0.15, 0.2) is 5.82 Å². The van der Waals surface area contributed by atoms with E-state index in [-0.39, 0.29) is 29.1 Å². The summed E-state index contributed by atoms with van der Waals surface area (Å²) in [5.74, 6) is 1.42. The number of halogens is 1. The van der Waals surface area contributed by atoms with Crippen molar-refractivity contribution in [1.29, 1.82) is 0 Å². The fraction of sp³-hybridized carbons (Fsp3) is 0.227. The number of hydrogen-bond acceptors (Lipinski definition) is 7. The minimum atomic E-state index is -0.335. The second-order valence-corrected chi connectivity index (χ2v) is 8.47. The van der Waals surface area contributed by atoms with E-state index in [2.05, 4.69) is 26.2 Å². The van der Waals surface area contributed by atoms with Gasteiger partial charge in [-0.15, -0.1) is 0 Å². The van der Waals surface area contributed by atoms with Crippen molar-refractivity contribution in [1.82, 2.24) is 24.3 Å². The summed E-state index contributed by atoms with van der Waals surface area (Å²) in [6, 6.07) is 10.7. The first-order chi connectivity index (χ1) is 15.5. The van der Waals surface area contributed by atoms with Gasteiger partial charge in [0.2, 0.25) is 5.89 Å². The van der Waals surface area contributed by atoms with E-state index < -0.39 is 0 Å². The third-order valence-corrected chi connectivity index (χ3v) is 6.31. The number of rotatable bonds is 4. The molecule has 1 aliphatic carbocycles. The summed E-state index contributed by atoms with van der Waals surface area (Å²) in [5, 5.41) is 4.84. The van der Waals surface area contributed by atoms with E-state index in [1.165, 1.54) is 27.1 Å². The summed E-state index contributed by atoms with van der Waals surface area (Å²) in [4.78, 5) is 35.7. The molecule has 0 saturated heterocycles. The highest BCUT2D eigenvalue weighted by molar-refractivity contribution is 6.30. The Labute approximate surface area is 186 Å². The lowest BCUT2D eigenvalue weighted by Crippen LogP contribution is -2.28. The van der Waals surface area contributed by atoms with Gasteiger partial charge in [-0.1, -0.05) is 22.8 Å². The summed E-state index contributed by atoms with van der Waals surface area (Å²) >= 11 is 6.10. The van der Waals surface area contributed by atoms with Gasteiger partial charge in [0.25, 0.3) is 11.1 Å². The van der Waals surface area contributed by atoms with E-state index in [1.807, 2.05) is 24.3 Å². The maximum Gasteiger partial charge on any atom is 0.278 e. The molecular formula is C22H17ClN6O3. The molecule has 1 saturated carbocycles.